The average molecular weight is 222 g/mol. The van der Waals surface area contributed by atoms with E-state index in [9.17, 15) is 0 Å². The number of hydrogen-bond donors (Lipinski definition) is 0. The van der Waals surface area contributed by atoms with Crippen LogP contribution >= 0.6 is 0 Å². The Labute approximate surface area is 101 Å². The number of hydrogen-bond acceptors (Lipinski definition) is 1. The molecular weight excluding hydrogens is 208 g/mol. The van der Waals surface area contributed by atoms with Crippen LogP contribution < -0.4 is 0 Å². The molecule has 2 heteroatoms. The Kier molecular flexibility index (Phi) is 2.41. The molecule has 0 bridgehead atoms. The molecule has 17 heavy (non-hydrogen) atoms. The summed E-state index contributed by atoms with van der Waals surface area (Å²) in [6.07, 6.45) is 2.11. The van der Waals surface area contributed by atoms with Gasteiger partial charge in [0.1, 0.15) is 0 Å². The molecule has 3 aromatic rings. The molecule has 0 aliphatic carbocycles. The van der Waals surface area contributed by atoms with E-state index in [1.165, 1.54) is 16.5 Å². The molecule has 1 heterocycles. The van der Waals surface area contributed by atoms with Gasteiger partial charge in [0.25, 0.3) is 0 Å². The third kappa shape index (κ3) is 2.07. The fourth-order valence-corrected chi connectivity index (χ4v) is 2.05. The van der Waals surface area contributed by atoms with Crippen LogP contribution in [0.2, 0.25) is 0 Å². The summed E-state index contributed by atoms with van der Waals surface area (Å²) < 4.78 is 2.00. The van der Waals surface area contributed by atoms with Crippen LogP contribution in [-0.4, -0.2) is 9.78 Å². The number of rotatable bonds is 2. The normalized spacial score (nSPS) is 10.9. The summed E-state index contributed by atoms with van der Waals surface area (Å²) in [6, 6.07) is 16.7. The van der Waals surface area contributed by atoms with Crippen LogP contribution in [0.25, 0.3) is 10.9 Å². The molecule has 0 saturated heterocycles. The predicted molar refractivity (Wildman–Crippen MR) is 70.0 cm³/mol. The van der Waals surface area contributed by atoms with E-state index in [4.69, 9.17) is 0 Å². The van der Waals surface area contributed by atoms with E-state index in [1.807, 2.05) is 10.7 Å². The first-order valence-electron chi connectivity index (χ1n) is 5.79. The Morgan fingerprint density at radius 3 is 2.71 bits per heavy atom. The maximum absolute atomic E-state index is 4.57. The molecule has 0 atom stereocenters. The lowest BCUT2D eigenvalue weighted by Gasteiger charge is -2.00. The van der Waals surface area contributed by atoms with Gasteiger partial charge in [-0.25, -0.2) is 0 Å². The summed E-state index contributed by atoms with van der Waals surface area (Å²) in [4.78, 5) is 0. The lowest BCUT2D eigenvalue weighted by molar-refractivity contribution is 0.696. The van der Waals surface area contributed by atoms with Gasteiger partial charge in [-0.15, -0.1) is 0 Å². The lowest BCUT2D eigenvalue weighted by atomic mass is 10.2. The Hall–Kier alpha value is -2.09. The van der Waals surface area contributed by atoms with Crippen LogP contribution in [0, 0.1) is 6.92 Å². The van der Waals surface area contributed by atoms with Crippen molar-refractivity contribution in [3.8, 4) is 0 Å². The van der Waals surface area contributed by atoms with Gasteiger partial charge < -0.3 is 0 Å². The zero-order valence-corrected chi connectivity index (χ0v) is 9.80. The van der Waals surface area contributed by atoms with Gasteiger partial charge in [-0.3, -0.25) is 4.68 Å². The van der Waals surface area contributed by atoms with Crippen molar-refractivity contribution in [3.05, 3.63) is 65.9 Å². The standard InChI is InChI=1S/C15H14N2/c1-12-7-8-15-14(9-12)11-17(16-15)10-13-5-3-2-4-6-13/h2-9,11H,10H2,1H3. The highest BCUT2D eigenvalue weighted by Crippen LogP contribution is 2.14. The van der Waals surface area contributed by atoms with E-state index >= 15 is 0 Å². The average Bonchev–Trinajstić information content (AvgIpc) is 2.71. The van der Waals surface area contributed by atoms with Gasteiger partial charge in [-0.1, -0.05) is 42.0 Å². The van der Waals surface area contributed by atoms with Gasteiger partial charge in [0, 0.05) is 11.6 Å². The molecule has 2 nitrogen and oxygen atoms in total. The molecule has 2 aromatic carbocycles. The predicted octanol–water partition coefficient (Wildman–Crippen LogP) is 3.39. The van der Waals surface area contributed by atoms with Gasteiger partial charge in [0.15, 0.2) is 0 Å². The van der Waals surface area contributed by atoms with E-state index in [0.717, 1.165) is 12.1 Å². The molecule has 0 unspecified atom stereocenters. The molecule has 0 aliphatic heterocycles. The van der Waals surface area contributed by atoms with Crippen molar-refractivity contribution in [1.82, 2.24) is 9.78 Å². The first-order chi connectivity index (χ1) is 8.31. The second-order valence-electron chi connectivity index (χ2n) is 4.37. The van der Waals surface area contributed by atoms with Gasteiger partial charge in [-0.2, -0.15) is 5.10 Å². The highest BCUT2D eigenvalue weighted by Gasteiger charge is 2.01. The van der Waals surface area contributed by atoms with Crippen LogP contribution in [-0.2, 0) is 6.54 Å². The van der Waals surface area contributed by atoms with Crippen LogP contribution in [0.4, 0.5) is 0 Å². The number of aryl methyl sites for hydroxylation is 1. The van der Waals surface area contributed by atoms with Crippen molar-refractivity contribution >= 4 is 10.9 Å². The zero-order valence-electron chi connectivity index (χ0n) is 9.80. The van der Waals surface area contributed by atoms with Crippen molar-refractivity contribution < 1.29 is 0 Å². The quantitative estimate of drug-likeness (QED) is 0.650. The van der Waals surface area contributed by atoms with Gasteiger partial charge in [0.2, 0.25) is 0 Å². The van der Waals surface area contributed by atoms with Crippen molar-refractivity contribution in [3.63, 3.8) is 0 Å². The summed E-state index contributed by atoms with van der Waals surface area (Å²) in [5, 5.41) is 5.77. The van der Waals surface area contributed by atoms with Crippen molar-refractivity contribution in [1.29, 1.82) is 0 Å². The summed E-state index contributed by atoms with van der Waals surface area (Å²) in [6.45, 7) is 2.93. The second-order valence-corrected chi connectivity index (χ2v) is 4.37. The minimum Gasteiger partial charge on any atom is -0.267 e. The fraction of sp³-hybridized carbons (Fsp3) is 0.133. The summed E-state index contributed by atoms with van der Waals surface area (Å²) in [7, 11) is 0. The van der Waals surface area contributed by atoms with Crippen LogP contribution in [0.15, 0.2) is 54.7 Å². The Morgan fingerprint density at radius 2 is 1.88 bits per heavy atom. The summed E-state index contributed by atoms with van der Waals surface area (Å²) in [5.74, 6) is 0. The van der Waals surface area contributed by atoms with E-state index in [2.05, 4.69) is 60.7 Å². The number of fused-ring (bicyclic) bond motifs is 1. The third-order valence-electron chi connectivity index (χ3n) is 2.89. The molecule has 0 saturated carbocycles. The van der Waals surface area contributed by atoms with Crippen molar-refractivity contribution in [2.75, 3.05) is 0 Å². The highest BCUT2D eigenvalue weighted by molar-refractivity contribution is 5.78. The number of nitrogens with zero attached hydrogens (tertiary/aromatic N) is 2. The van der Waals surface area contributed by atoms with Gasteiger partial charge in [0.05, 0.1) is 12.1 Å². The molecule has 0 fully saturated rings. The van der Waals surface area contributed by atoms with Crippen LogP contribution in [0.3, 0.4) is 0 Å². The zero-order chi connectivity index (χ0) is 11.7. The van der Waals surface area contributed by atoms with E-state index in [-0.39, 0.29) is 0 Å². The highest BCUT2D eigenvalue weighted by atomic mass is 15.3. The largest absolute Gasteiger partial charge is 0.267 e. The molecule has 3 rings (SSSR count). The van der Waals surface area contributed by atoms with E-state index in [1.54, 1.807) is 0 Å². The van der Waals surface area contributed by atoms with Crippen molar-refractivity contribution in [2.45, 2.75) is 13.5 Å². The number of benzene rings is 2. The van der Waals surface area contributed by atoms with Gasteiger partial charge >= 0.3 is 0 Å². The third-order valence-corrected chi connectivity index (χ3v) is 2.89. The topological polar surface area (TPSA) is 17.8 Å². The lowest BCUT2D eigenvalue weighted by Crippen LogP contribution is -1.99. The minimum absolute atomic E-state index is 0.828. The second kappa shape index (κ2) is 4.06. The van der Waals surface area contributed by atoms with Gasteiger partial charge in [-0.05, 0) is 24.6 Å². The SMILES string of the molecule is Cc1ccc2nn(Cc3ccccc3)cc2c1. The maximum Gasteiger partial charge on any atom is 0.0923 e. The first kappa shape index (κ1) is 10.1. The first-order valence-corrected chi connectivity index (χ1v) is 5.79. The van der Waals surface area contributed by atoms with Crippen molar-refractivity contribution in [2.24, 2.45) is 0 Å². The molecule has 0 amide bonds. The Morgan fingerprint density at radius 1 is 1.06 bits per heavy atom. The van der Waals surface area contributed by atoms with E-state index in [0.29, 0.717) is 0 Å². The van der Waals surface area contributed by atoms with Crippen LogP contribution in [0.5, 0.6) is 0 Å². The minimum atomic E-state index is 0.828. The molecular formula is C15H14N2. The fourth-order valence-electron chi connectivity index (χ4n) is 2.05. The summed E-state index contributed by atoms with van der Waals surface area (Å²) >= 11 is 0. The Balaban J connectivity index is 1.96. The van der Waals surface area contributed by atoms with E-state index < -0.39 is 0 Å². The molecule has 0 N–H and O–H groups in total. The number of aromatic nitrogens is 2. The van der Waals surface area contributed by atoms with Crippen LogP contribution in [0.1, 0.15) is 11.1 Å². The Bertz CT molecular complexity index is 638. The molecule has 0 spiro atoms. The molecule has 84 valence electrons. The monoisotopic (exact) mass is 222 g/mol. The maximum atomic E-state index is 4.57. The smallest absolute Gasteiger partial charge is 0.0923 e. The molecule has 1 aromatic heterocycles. The molecule has 0 aliphatic rings. The molecule has 0 radical (unpaired) electrons. The summed E-state index contributed by atoms with van der Waals surface area (Å²) in [5.41, 5.74) is 3.61.